The third-order valence-corrected chi connectivity index (χ3v) is 3.70. The summed E-state index contributed by atoms with van der Waals surface area (Å²) in [7, 11) is 0. The maximum atomic E-state index is 11.7. The van der Waals surface area contributed by atoms with Gasteiger partial charge in [-0.25, -0.2) is 4.79 Å². The van der Waals surface area contributed by atoms with Crippen LogP contribution in [0.1, 0.15) is 46.5 Å². The van der Waals surface area contributed by atoms with Crippen LogP contribution in [0.2, 0.25) is 0 Å². The topological polar surface area (TPSA) is 29.5 Å². The quantitative estimate of drug-likeness (QED) is 0.746. The molecule has 1 fully saturated rings. The van der Waals surface area contributed by atoms with Gasteiger partial charge in [0.05, 0.1) is 5.41 Å². The highest BCUT2D eigenvalue weighted by molar-refractivity contribution is 9.09. The fourth-order valence-electron chi connectivity index (χ4n) is 1.91. The molecule has 0 N–H and O–H groups in total. The minimum absolute atomic E-state index is 0.128. The molecule has 4 heteroatoms. The van der Waals surface area contributed by atoms with Gasteiger partial charge >= 0.3 is 5.97 Å². The van der Waals surface area contributed by atoms with Crippen molar-refractivity contribution in [1.82, 2.24) is 5.06 Å². The van der Waals surface area contributed by atoms with Gasteiger partial charge in [0.2, 0.25) is 0 Å². The fraction of sp³-hybridized carbons (Fsp3) is 0.923. The van der Waals surface area contributed by atoms with Crippen LogP contribution in [0, 0.1) is 11.3 Å². The van der Waals surface area contributed by atoms with E-state index in [-0.39, 0.29) is 5.97 Å². The molecule has 1 aliphatic heterocycles. The van der Waals surface area contributed by atoms with Gasteiger partial charge < -0.3 is 4.84 Å². The van der Waals surface area contributed by atoms with Gasteiger partial charge in [-0.1, -0.05) is 15.9 Å². The molecule has 0 aromatic carbocycles. The van der Waals surface area contributed by atoms with E-state index < -0.39 is 5.41 Å². The Morgan fingerprint density at radius 1 is 1.35 bits per heavy atom. The van der Waals surface area contributed by atoms with Crippen molar-refractivity contribution in [1.29, 1.82) is 0 Å². The number of hydrogen-bond donors (Lipinski definition) is 0. The first-order valence-corrected chi connectivity index (χ1v) is 7.59. The standard InChI is InChI=1S/C13H24BrNO2/c1-13(2,3)12(16)17-15-9-6-11(7-10-15)5-4-8-14/h11H,4-10H2,1-3H3. The number of hydrogen-bond acceptors (Lipinski definition) is 3. The Labute approximate surface area is 113 Å². The molecule has 0 bridgehead atoms. The van der Waals surface area contributed by atoms with E-state index in [2.05, 4.69) is 15.9 Å². The van der Waals surface area contributed by atoms with Crippen molar-refractivity contribution < 1.29 is 9.63 Å². The highest BCUT2D eigenvalue weighted by Gasteiger charge is 2.28. The van der Waals surface area contributed by atoms with E-state index in [0.29, 0.717) is 0 Å². The van der Waals surface area contributed by atoms with Crippen molar-refractivity contribution >= 4 is 21.9 Å². The van der Waals surface area contributed by atoms with Crippen LogP contribution >= 0.6 is 15.9 Å². The number of hydroxylamine groups is 2. The molecule has 100 valence electrons. The van der Waals surface area contributed by atoms with E-state index >= 15 is 0 Å². The summed E-state index contributed by atoms with van der Waals surface area (Å²) in [6.45, 7) is 7.43. The molecule has 1 heterocycles. The zero-order valence-corrected chi connectivity index (χ0v) is 12.8. The Balaban J connectivity index is 2.25. The first-order chi connectivity index (χ1) is 7.93. The van der Waals surface area contributed by atoms with Crippen LogP contribution in [0.25, 0.3) is 0 Å². The maximum Gasteiger partial charge on any atom is 0.330 e. The van der Waals surface area contributed by atoms with E-state index in [1.54, 1.807) is 0 Å². The highest BCUT2D eigenvalue weighted by Crippen LogP contribution is 2.24. The van der Waals surface area contributed by atoms with Gasteiger partial charge in [0.1, 0.15) is 0 Å². The number of rotatable bonds is 4. The molecule has 0 saturated carbocycles. The van der Waals surface area contributed by atoms with Crippen molar-refractivity contribution in [2.24, 2.45) is 11.3 Å². The van der Waals surface area contributed by atoms with Crippen LogP contribution in [0.3, 0.4) is 0 Å². The molecule has 0 aromatic rings. The molecule has 0 radical (unpaired) electrons. The second-order valence-electron chi connectivity index (χ2n) is 5.83. The van der Waals surface area contributed by atoms with Crippen LogP contribution < -0.4 is 0 Å². The van der Waals surface area contributed by atoms with Crippen LogP contribution in [-0.4, -0.2) is 29.5 Å². The van der Waals surface area contributed by atoms with Gasteiger partial charge in [0.25, 0.3) is 0 Å². The van der Waals surface area contributed by atoms with Gasteiger partial charge in [0.15, 0.2) is 0 Å². The lowest BCUT2D eigenvalue weighted by atomic mass is 9.93. The number of alkyl halides is 1. The first kappa shape index (κ1) is 15.0. The molecule has 0 amide bonds. The van der Waals surface area contributed by atoms with E-state index in [1.807, 2.05) is 25.8 Å². The van der Waals surface area contributed by atoms with Crippen LogP contribution in [0.5, 0.6) is 0 Å². The van der Waals surface area contributed by atoms with E-state index in [1.165, 1.54) is 12.8 Å². The molecular weight excluding hydrogens is 282 g/mol. The fourth-order valence-corrected chi connectivity index (χ4v) is 2.23. The Morgan fingerprint density at radius 3 is 2.41 bits per heavy atom. The van der Waals surface area contributed by atoms with Crippen molar-refractivity contribution in [2.75, 3.05) is 18.4 Å². The average Bonchev–Trinajstić information content (AvgIpc) is 2.27. The van der Waals surface area contributed by atoms with Crippen molar-refractivity contribution in [2.45, 2.75) is 46.5 Å². The van der Waals surface area contributed by atoms with E-state index in [9.17, 15) is 4.79 Å². The summed E-state index contributed by atoms with van der Waals surface area (Å²) in [4.78, 5) is 17.1. The van der Waals surface area contributed by atoms with Gasteiger partial charge in [0, 0.05) is 18.4 Å². The Bertz CT molecular complexity index is 242. The predicted molar refractivity (Wildman–Crippen MR) is 72.9 cm³/mol. The summed E-state index contributed by atoms with van der Waals surface area (Å²) in [5, 5.41) is 2.92. The van der Waals surface area contributed by atoms with Gasteiger partial charge in [-0.15, -0.1) is 5.06 Å². The van der Waals surface area contributed by atoms with Gasteiger partial charge in [-0.05, 0) is 52.4 Å². The molecule has 0 atom stereocenters. The lowest BCUT2D eigenvalue weighted by Gasteiger charge is -2.32. The number of carbonyl (C=O) groups is 1. The van der Waals surface area contributed by atoms with Crippen LogP contribution in [0.15, 0.2) is 0 Å². The SMILES string of the molecule is CC(C)(C)C(=O)ON1CCC(CCCBr)CC1. The lowest BCUT2D eigenvalue weighted by Crippen LogP contribution is -2.38. The Hall–Kier alpha value is -0.0900. The molecule has 0 aromatic heterocycles. The summed E-state index contributed by atoms with van der Waals surface area (Å²) < 4.78 is 0. The summed E-state index contributed by atoms with van der Waals surface area (Å²) >= 11 is 3.46. The average molecular weight is 306 g/mol. The van der Waals surface area contributed by atoms with Crippen molar-refractivity contribution in [3.8, 4) is 0 Å². The zero-order chi connectivity index (χ0) is 12.9. The summed E-state index contributed by atoms with van der Waals surface area (Å²) in [6.07, 6.45) is 4.81. The molecule has 1 aliphatic rings. The molecule has 3 nitrogen and oxygen atoms in total. The molecule has 1 saturated heterocycles. The first-order valence-electron chi connectivity index (χ1n) is 6.47. The van der Waals surface area contributed by atoms with E-state index in [0.717, 1.165) is 37.2 Å². The molecule has 0 unspecified atom stereocenters. The molecular formula is C13H24BrNO2. The Kier molecular flexibility index (Phi) is 5.93. The zero-order valence-electron chi connectivity index (χ0n) is 11.2. The third kappa shape index (κ3) is 5.38. The van der Waals surface area contributed by atoms with Crippen molar-refractivity contribution in [3.05, 3.63) is 0 Å². The molecule has 1 rings (SSSR count). The lowest BCUT2D eigenvalue weighted by molar-refractivity contribution is -0.206. The minimum Gasteiger partial charge on any atom is -0.367 e. The smallest absolute Gasteiger partial charge is 0.330 e. The van der Waals surface area contributed by atoms with Gasteiger partial charge in [-0.2, -0.15) is 0 Å². The molecule has 17 heavy (non-hydrogen) atoms. The van der Waals surface area contributed by atoms with Crippen LogP contribution in [-0.2, 0) is 9.63 Å². The monoisotopic (exact) mass is 305 g/mol. The largest absolute Gasteiger partial charge is 0.367 e. The predicted octanol–water partition coefficient (Wildman–Crippen LogP) is 3.38. The minimum atomic E-state index is -0.410. The highest BCUT2D eigenvalue weighted by atomic mass is 79.9. The van der Waals surface area contributed by atoms with Crippen LogP contribution in [0.4, 0.5) is 0 Å². The number of carbonyl (C=O) groups excluding carboxylic acids is 1. The van der Waals surface area contributed by atoms with E-state index in [4.69, 9.17) is 4.84 Å². The second kappa shape index (κ2) is 6.74. The summed E-state index contributed by atoms with van der Waals surface area (Å²) in [5.74, 6) is 0.675. The number of halogens is 1. The Morgan fingerprint density at radius 2 is 1.94 bits per heavy atom. The maximum absolute atomic E-state index is 11.7. The second-order valence-corrected chi connectivity index (χ2v) is 6.63. The summed E-state index contributed by atoms with van der Waals surface area (Å²) in [6, 6.07) is 0. The third-order valence-electron chi connectivity index (χ3n) is 3.14. The van der Waals surface area contributed by atoms with Crippen molar-refractivity contribution in [3.63, 3.8) is 0 Å². The molecule has 0 spiro atoms. The van der Waals surface area contributed by atoms with Gasteiger partial charge in [-0.3, -0.25) is 0 Å². The number of nitrogens with zero attached hydrogens (tertiary/aromatic N) is 1. The normalized spacial score (nSPS) is 19.3. The summed E-state index contributed by atoms with van der Waals surface area (Å²) in [5.41, 5.74) is -0.410. The number of piperidine rings is 1. The molecule has 0 aliphatic carbocycles.